The van der Waals surface area contributed by atoms with Gasteiger partial charge in [0.15, 0.2) is 0 Å². The normalized spacial score (nSPS) is 21.2. The molecule has 1 aliphatic carbocycles. The zero-order valence-corrected chi connectivity index (χ0v) is 14.3. The number of carbonyl (C=O) groups excluding carboxylic acids is 2. The first-order valence-corrected chi connectivity index (χ1v) is 8.82. The minimum Gasteiger partial charge on any atom is -0.497 e. The van der Waals surface area contributed by atoms with Crippen molar-refractivity contribution in [2.75, 3.05) is 20.2 Å². The third-order valence-electron chi connectivity index (χ3n) is 5.46. The van der Waals surface area contributed by atoms with E-state index in [1.807, 2.05) is 11.0 Å². The molecular weight excluding hydrogens is 304 g/mol. The van der Waals surface area contributed by atoms with Gasteiger partial charge in [-0.15, -0.1) is 0 Å². The third-order valence-corrected chi connectivity index (χ3v) is 5.46. The van der Waals surface area contributed by atoms with E-state index in [9.17, 15) is 9.59 Å². The summed E-state index contributed by atoms with van der Waals surface area (Å²) in [6.07, 6.45) is 5.17. The standard InChI is InChI=1S/C19H26N2O3/c1-24-16-5-6-17-14(11-16)3-2-4-15(17)12-18(22)21-9-7-13(8-10-21)19(20)23/h5-6,11,13,15H,2-4,7-10,12H2,1H3,(H2,20,23). The largest absolute Gasteiger partial charge is 0.497 e. The summed E-state index contributed by atoms with van der Waals surface area (Å²) < 4.78 is 5.31. The minimum atomic E-state index is -0.239. The highest BCUT2D eigenvalue weighted by molar-refractivity contribution is 5.79. The number of fused-ring (bicyclic) bond motifs is 1. The van der Waals surface area contributed by atoms with Gasteiger partial charge < -0.3 is 15.4 Å². The van der Waals surface area contributed by atoms with E-state index < -0.39 is 0 Å². The number of nitrogens with zero attached hydrogens (tertiary/aromatic N) is 1. The number of methoxy groups -OCH3 is 1. The molecule has 0 spiro atoms. The lowest BCUT2D eigenvalue weighted by atomic mass is 9.80. The van der Waals surface area contributed by atoms with E-state index in [0.717, 1.165) is 25.0 Å². The van der Waals surface area contributed by atoms with Crippen LogP contribution in [0.2, 0.25) is 0 Å². The number of hydrogen-bond acceptors (Lipinski definition) is 3. The van der Waals surface area contributed by atoms with Gasteiger partial charge in [0.1, 0.15) is 5.75 Å². The number of primary amides is 1. The minimum absolute atomic E-state index is 0.0723. The Labute approximate surface area is 143 Å². The van der Waals surface area contributed by atoms with Gasteiger partial charge in [0, 0.05) is 25.4 Å². The smallest absolute Gasteiger partial charge is 0.223 e. The first-order valence-electron chi connectivity index (χ1n) is 8.82. The van der Waals surface area contributed by atoms with Crippen LogP contribution in [0.1, 0.15) is 49.1 Å². The van der Waals surface area contributed by atoms with Gasteiger partial charge in [-0.25, -0.2) is 0 Å². The average Bonchev–Trinajstić information content (AvgIpc) is 2.61. The summed E-state index contributed by atoms with van der Waals surface area (Å²) in [5.41, 5.74) is 7.97. The number of piperidine rings is 1. The predicted molar refractivity (Wildman–Crippen MR) is 91.8 cm³/mol. The lowest BCUT2D eigenvalue weighted by Gasteiger charge is -2.33. The molecule has 2 aliphatic rings. The molecule has 0 saturated carbocycles. The quantitative estimate of drug-likeness (QED) is 0.920. The topological polar surface area (TPSA) is 72.6 Å². The molecule has 1 aliphatic heterocycles. The van der Waals surface area contributed by atoms with Crippen molar-refractivity contribution in [3.63, 3.8) is 0 Å². The van der Waals surface area contributed by atoms with E-state index in [2.05, 4.69) is 12.1 Å². The van der Waals surface area contributed by atoms with Gasteiger partial charge in [0.05, 0.1) is 7.11 Å². The van der Waals surface area contributed by atoms with E-state index in [0.29, 0.717) is 38.3 Å². The molecule has 1 atom stereocenters. The van der Waals surface area contributed by atoms with Crippen LogP contribution in [0, 0.1) is 5.92 Å². The third kappa shape index (κ3) is 3.55. The monoisotopic (exact) mass is 330 g/mol. The molecule has 0 bridgehead atoms. The van der Waals surface area contributed by atoms with Crippen molar-refractivity contribution in [2.24, 2.45) is 11.7 Å². The molecule has 0 aromatic heterocycles. The summed E-state index contributed by atoms with van der Waals surface area (Å²) in [6.45, 7) is 1.29. The van der Waals surface area contributed by atoms with Crippen LogP contribution in [0.5, 0.6) is 5.75 Å². The van der Waals surface area contributed by atoms with Crippen LogP contribution in [0.3, 0.4) is 0 Å². The molecule has 5 heteroatoms. The number of rotatable bonds is 4. The van der Waals surface area contributed by atoms with Crippen LogP contribution in [0.4, 0.5) is 0 Å². The van der Waals surface area contributed by atoms with Crippen LogP contribution >= 0.6 is 0 Å². The fraction of sp³-hybridized carbons (Fsp3) is 0.579. The Morgan fingerprint density at radius 2 is 2.00 bits per heavy atom. The van der Waals surface area contributed by atoms with Gasteiger partial charge in [-0.05, 0) is 61.3 Å². The Hall–Kier alpha value is -2.04. The van der Waals surface area contributed by atoms with E-state index in [1.165, 1.54) is 11.1 Å². The Morgan fingerprint density at radius 3 is 2.67 bits per heavy atom. The number of aryl methyl sites for hydroxylation is 1. The predicted octanol–water partition coefficient (Wildman–Crippen LogP) is 2.23. The van der Waals surface area contributed by atoms with Gasteiger partial charge in [-0.1, -0.05) is 6.07 Å². The van der Waals surface area contributed by atoms with Gasteiger partial charge in [-0.2, -0.15) is 0 Å². The Kier molecular flexibility index (Phi) is 5.07. The average molecular weight is 330 g/mol. The van der Waals surface area contributed by atoms with Crippen molar-refractivity contribution in [3.8, 4) is 5.75 Å². The summed E-state index contributed by atoms with van der Waals surface area (Å²) in [5.74, 6) is 1.07. The summed E-state index contributed by atoms with van der Waals surface area (Å²) >= 11 is 0. The van der Waals surface area contributed by atoms with Crippen LogP contribution in [0.25, 0.3) is 0 Å². The van der Waals surface area contributed by atoms with Gasteiger partial charge in [-0.3, -0.25) is 9.59 Å². The van der Waals surface area contributed by atoms with Gasteiger partial charge >= 0.3 is 0 Å². The maximum atomic E-state index is 12.7. The molecule has 5 nitrogen and oxygen atoms in total. The fourth-order valence-corrected chi connectivity index (χ4v) is 3.98. The lowest BCUT2D eigenvalue weighted by molar-refractivity contribution is -0.135. The second-order valence-electron chi connectivity index (χ2n) is 6.92. The Morgan fingerprint density at radius 1 is 1.25 bits per heavy atom. The van der Waals surface area contributed by atoms with Crippen molar-refractivity contribution in [2.45, 2.75) is 44.4 Å². The maximum absolute atomic E-state index is 12.7. The van der Waals surface area contributed by atoms with E-state index >= 15 is 0 Å². The number of ether oxygens (including phenoxy) is 1. The molecule has 1 unspecified atom stereocenters. The van der Waals surface area contributed by atoms with Crippen molar-refractivity contribution in [1.29, 1.82) is 0 Å². The zero-order chi connectivity index (χ0) is 17.1. The number of nitrogens with two attached hydrogens (primary N) is 1. The van der Waals surface area contributed by atoms with Crippen LogP contribution in [0.15, 0.2) is 18.2 Å². The first-order chi connectivity index (χ1) is 11.6. The second-order valence-corrected chi connectivity index (χ2v) is 6.92. The summed E-state index contributed by atoms with van der Waals surface area (Å²) in [7, 11) is 1.68. The number of hydrogen-bond donors (Lipinski definition) is 1. The number of benzene rings is 1. The Bertz CT molecular complexity index is 621. The molecule has 0 radical (unpaired) electrons. The molecule has 1 aromatic carbocycles. The summed E-state index contributed by atoms with van der Waals surface area (Å²) in [6, 6.07) is 6.20. The highest BCUT2D eigenvalue weighted by Gasteiger charge is 2.29. The number of likely N-dealkylation sites (tertiary alicyclic amines) is 1. The lowest BCUT2D eigenvalue weighted by Crippen LogP contribution is -2.42. The summed E-state index contributed by atoms with van der Waals surface area (Å²) in [4.78, 5) is 25.8. The van der Waals surface area contributed by atoms with E-state index in [4.69, 9.17) is 10.5 Å². The Balaban J connectivity index is 1.63. The van der Waals surface area contributed by atoms with Crippen LogP contribution in [-0.4, -0.2) is 36.9 Å². The highest BCUT2D eigenvalue weighted by Crippen LogP contribution is 2.36. The number of carbonyl (C=O) groups is 2. The molecule has 2 N–H and O–H groups in total. The highest BCUT2D eigenvalue weighted by atomic mass is 16.5. The van der Waals surface area contributed by atoms with Crippen molar-refractivity contribution >= 4 is 11.8 Å². The second kappa shape index (κ2) is 7.24. The maximum Gasteiger partial charge on any atom is 0.223 e. The SMILES string of the molecule is COc1ccc2c(c1)CCCC2CC(=O)N1CCC(C(N)=O)CC1. The first kappa shape index (κ1) is 16.8. The number of amides is 2. The van der Waals surface area contributed by atoms with E-state index in [-0.39, 0.29) is 17.7 Å². The summed E-state index contributed by atoms with van der Waals surface area (Å²) in [5, 5.41) is 0. The zero-order valence-electron chi connectivity index (χ0n) is 14.3. The van der Waals surface area contributed by atoms with Crippen molar-refractivity contribution < 1.29 is 14.3 Å². The fourth-order valence-electron chi connectivity index (χ4n) is 3.98. The van der Waals surface area contributed by atoms with Gasteiger partial charge in [0.2, 0.25) is 11.8 Å². The molecule has 3 rings (SSSR count). The molecular formula is C19H26N2O3. The van der Waals surface area contributed by atoms with Crippen LogP contribution in [-0.2, 0) is 16.0 Å². The molecule has 24 heavy (non-hydrogen) atoms. The van der Waals surface area contributed by atoms with E-state index in [1.54, 1.807) is 7.11 Å². The molecule has 1 heterocycles. The van der Waals surface area contributed by atoms with Crippen molar-refractivity contribution in [3.05, 3.63) is 29.3 Å². The molecule has 130 valence electrons. The van der Waals surface area contributed by atoms with Crippen molar-refractivity contribution in [1.82, 2.24) is 4.90 Å². The van der Waals surface area contributed by atoms with Crippen LogP contribution < -0.4 is 10.5 Å². The molecule has 1 aromatic rings. The van der Waals surface area contributed by atoms with Gasteiger partial charge in [0.25, 0.3) is 0 Å². The molecule has 1 saturated heterocycles. The molecule has 2 amide bonds. The molecule has 1 fully saturated rings.